The van der Waals surface area contributed by atoms with Gasteiger partial charge in [-0.3, -0.25) is 0 Å². The molecule has 2 aromatic rings. The average Bonchev–Trinajstić information content (AvgIpc) is 2.74. The van der Waals surface area contributed by atoms with Crippen molar-refractivity contribution in [1.82, 2.24) is 10.1 Å². The van der Waals surface area contributed by atoms with Crippen molar-refractivity contribution < 1.29 is 4.52 Å². The van der Waals surface area contributed by atoms with E-state index in [4.69, 9.17) is 27.7 Å². The van der Waals surface area contributed by atoms with E-state index >= 15 is 0 Å². The van der Waals surface area contributed by atoms with Crippen LogP contribution in [-0.2, 0) is 6.54 Å². The normalized spacial score (nSPS) is 10.4. The number of hydrogen-bond acceptors (Lipinski definition) is 5. The highest BCUT2D eigenvalue weighted by Crippen LogP contribution is 2.29. The van der Waals surface area contributed by atoms with Crippen LogP contribution in [0.4, 0.5) is 11.6 Å². The first kappa shape index (κ1) is 13.0. The lowest BCUT2D eigenvalue weighted by Gasteiger charge is -2.09. The van der Waals surface area contributed by atoms with Gasteiger partial charge in [-0.05, 0) is 13.0 Å². The molecular formula is C11H12Cl2N4O. The fourth-order valence-electron chi connectivity index (χ4n) is 1.44. The Morgan fingerprint density at radius 2 is 1.94 bits per heavy atom. The van der Waals surface area contributed by atoms with Crippen LogP contribution in [0.2, 0.25) is 10.0 Å². The highest BCUT2D eigenvalue weighted by Gasteiger charge is 2.09. The summed E-state index contributed by atoms with van der Waals surface area (Å²) in [4.78, 5) is 4.26. The molecule has 0 fully saturated rings. The number of aromatic nitrogens is 2. The van der Waals surface area contributed by atoms with Gasteiger partial charge in [-0.2, -0.15) is 0 Å². The minimum atomic E-state index is 0.454. The Labute approximate surface area is 114 Å². The van der Waals surface area contributed by atoms with Gasteiger partial charge in [0.2, 0.25) is 0 Å². The molecule has 2 N–H and O–H groups in total. The van der Waals surface area contributed by atoms with Crippen LogP contribution >= 0.6 is 23.2 Å². The number of aryl methyl sites for hydroxylation is 1. The fraction of sp³-hybridized carbons (Fsp3) is 0.273. The second kappa shape index (κ2) is 5.46. The summed E-state index contributed by atoms with van der Waals surface area (Å²) in [5.41, 5.74) is 0.831. The van der Waals surface area contributed by atoms with Gasteiger partial charge in [-0.25, -0.2) is 4.98 Å². The maximum absolute atomic E-state index is 6.05. The molecule has 5 nitrogen and oxygen atoms in total. The molecule has 0 amide bonds. The topological polar surface area (TPSA) is 63.0 Å². The first-order chi connectivity index (χ1) is 8.60. The average molecular weight is 287 g/mol. The lowest BCUT2D eigenvalue weighted by molar-refractivity contribution is 0.384. The van der Waals surface area contributed by atoms with Crippen LogP contribution in [0.1, 0.15) is 11.5 Å². The summed E-state index contributed by atoms with van der Waals surface area (Å²) in [6.07, 6.45) is 0. The lowest BCUT2D eigenvalue weighted by atomic mass is 10.3. The monoisotopic (exact) mass is 286 g/mol. The molecule has 0 spiro atoms. The van der Waals surface area contributed by atoms with Crippen molar-refractivity contribution in [2.75, 3.05) is 17.7 Å². The van der Waals surface area contributed by atoms with Crippen molar-refractivity contribution in [3.8, 4) is 0 Å². The Bertz CT molecular complexity index is 556. The van der Waals surface area contributed by atoms with E-state index in [1.54, 1.807) is 13.1 Å². The third kappa shape index (κ3) is 2.86. The summed E-state index contributed by atoms with van der Waals surface area (Å²) < 4.78 is 5.08. The summed E-state index contributed by atoms with van der Waals surface area (Å²) in [5.74, 6) is 1.82. The summed E-state index contributed by atoms with van der Waals surface area (Å²) in [6.45, 7) is 2.32. The largest absolute Gasteiger partial charge is 0.372 e. The third-order valence-electron chi connectivity index (χ3n) is 2.27. The Balaban J connectivity index is 2.13. The van der Waals surface area contributed by atoms with Crippen molar-refractivity contribution in [2.45, 2.75) is 13.5 Å². The number of hydrogen-bond donors (Lipinski definition) is 2. The van der Waals surface area contributed by atoms with Gasteiger partial charge in [0.05, 0.1) is 22.3 Å². The van der Waals surface area contributed by atoms with Crippen LogP contribution in [0.3, 0.4) is 0 Å². The van der Waals surface area contributed by atoms with E-state index < -0.39 is 0 Å². The van der Waals surface area contributed by atoms with Crippen LogP contribution < -0.4 is 10.6 Å². The molecule has 2 rings (SSSR count). The van der Waals surface area contributed by atoms with Crippen LogP contribution in [0.15, 0.2) is 16.7 Å². The number of anilines is 2. The number of halogens is 2. The highest BCUT2D eigenvalue weighted by atomic mass is 35.5. The molecule has 0 radical (unpaired) electrons. The predicted molar refractivity (Wildman–Crippen MR) is 72.4 cm³/mol. The van der Waals surface area contributed by atoms with E-state index in [9.17, 15) is 0 Å². The Hall–Kier alpha value is -1.46. The van der Waals surface area contributed by atoms with E-state index in [-0.39, 0.29) is 0 Å². The lowest BCUT2D eigenvalue weighted by Crippen LogP contribution is -2.03. The summed E-state index contributed by atoms with van der Waals surface area (Å²) >= 11 is 12.0. The van der Waals surface area contributed by atoms with Crippen molar-refractivity contribution in [1.29, 1.82) is 0 Å². The molecule has 96 valence electrons. The first-order valence-electron chi connectivity index (χ1n) is 5.30. The SMILES string of the molecule is CNc1nc(NCc2cc(C)no2)c(Cl)cc1Cl. The van der Waals surface area contributed by atoms with E-state index in [2.05, 4.69) is 20.8 Å². The third-order valence-corrected chi connectivity index (χ3v) is 2.85. The van der Waals surface area contributed by atoms with Crippen molar-refractivity contribution in [3.05, 3.63) is 33.6 Å². The second-order valence-corrected chi connectivity index (χ2v) is 4.50. The van der Waals surface area contributed by atoms with Gasteiger partial charge in [0, 0.05) is 13.1 Å². The summed E-state index contributed by atoms with van der Waals surface area (Å²) in [7, 11) is 1.74. The number of nitrogens with one attached hydrogen (secondary N) is 2. The van der Waals surface area contributed by atoms with E-state index in [0.29, 0.717) is 34.0 Å². The van der Waals surface area contributed by atoms with Crippen LogP contribution in [0.25, 0.3) is 0 Å². The standard InChI is InChI=1S/C11H12Cl2N4O/c1-6-3-7(18-17-6)5-15-11-9(13)4-8(12)10(14-2)16-11/h3-4H,5H2,1-2H3,(H2,14,15,16). The number of rotatable bonds is 4. The van der Waals surface area contributed by atoms with E-state index in [0.717, 1.165) is 5.69 Å². The van der Waals surface area contributed by atoms with E-state index in [1.807, 2.05) is 13.0 Å². The van der Waals surface area contributed by atoms with Crippen molar-refractivity contribution in [2.24, 2.45) is 0 Å². The summed E-state index contributed by atoms with van der Waals surface area (Å²) in [6, 6.07) is 3.48. The Kier molecular flexibility index (Phi) is 3.93. The molecule has 0 unspecified atom stereocenters. The van der Waals surface area contributed by atoms with Gasteiger partial charge in [0.25, 0.3) is 0 Å². The zero-order valence-electron chi connectivity index (χ0n) is 9.92. The Morgan fingerprint density at radius 3 is 2.56 bits per heavy atom. The molecule has 0 atom stereocenters. The van der Waals surface area contributed by atoms with Gasteiger partial charge in [0.1, 0.15) is 11.6 Å². The Morgan fingerprint density at radius 1 is 1.22 bits per heavy atom. The molecule has 7 heteroatoms. The van der Waals surface area contributed by atoms with Crippen molar-refractivity contribution >= 4 is 34.8 Å². The maximum Gasteiger partial charge on any atom is 0.156 e. The molecule has 0 saturated carbocycles. The molecule has 0 aliphatic carbocycles. The van der Waals surface area contributed by atoms with Crippen LogP contribution in [0, 0.1) is 6.92 Å². The zero-order chi connectivity index (χ0) is 13.1. The highest BCUT2D eigenvalue weighted by molar-refractivity contribution is 6.37. The second-order valence-electron chi connectivity index (χ2n) is 3.69. The number of nitrogens with zero attached hydrogens (tertiary/aromatic N) is 2. The first-order valence-corrected chi connectivity index (χ1v) is 6.05. The predicted octanol–water partition coefficient (Wildman–Crippen LogP) is 3.34. The van der Waals surface area contributed by atoms with Gasteiger partial charge in [0.15, 0.2) is 5.76 Å². The van der Waals surface area contributed by atoms with Gasteiger partial charge >= 0.3 is 0 Å². The van der Waals surface area contributed by atoms with Gasteiger partial charge in [-0.15, -0.1) is 0 Å². The van der Waals surface area contributed by atoms with Crippen LogP contribution in [-0.4, -0.2) is 17.2 Å². The molecule has 0 aromatic carbocycles. The molecule has 2 aromatic heterocycles. The fourth-order valence-corrected chi connectivity index (χ4v) is 1.96. The molecular weight excluding hydrogens is 275 g/mol. The van der Waals surface area contributed by atoms with Gasteiger partial charge in [-0.1, -0.05) is 28.4 Å². The molecule has 18 heavy (non-hydrogen) atoms. The molecule has 0 saturated heterocycles. The minimum Gasteiger partial charge on any atom is -0.372 e. The zero-order valence-corrected chi connectivity index (χ0v) is 11.4. The molecule has 0 aliphatic rings. The smallest absolute Gasteiger partial charge is 0.156 e. The quantitative estimate of drug-likeness (QED) is 0.903. The van der Waals surface area contributed by atoms with E-state index in [1.165, 1.54) is 0 Å². The molecule has 2 heterocycles. The molecule has 0 aliphatic heterocycles. The van der Waals surface area contributed by atoms with Crippen LogP contribution in [0.5, 0.6) is 0 Å². The maximum atomic E-state index is 6.05. The van der Waals surface area contributed by atoms with Gasteiger partial charge < -0.3 is 15.2 Å². The number of pyridine rings is 1. The molecule has 0 bridgehead atoms. The minimum absolute atomic E-state index is 0.454. The van der Waals surface area contributed by atoms with Crippen molar-refractivity contribution in [3.63, 3.8) is 0 Å². The summed E-state index contributed by atoms with van der Waals surface area (Å²) in [5, 5.41) is 10.7.